The summed E-state index contributed by atoms with van der Waals surface area (Å²) < 4.78 is 23.4. The molecule has 2 aliphatic rings. The van der Waals surface area contributed by atoms with E-state index in [4.69, 9.17) is 0 Å². The number of nitrogens with zero attached hydrogens (tertiary/aromatic N) is 1. The van der Waals surface area contributed by atoms with Gasteiger partial charge in [-0.25, -0.2) is 8.42 Å². The van der Waals surface area contributed by atoms with Gasteiger partial charge in [0.2, 0.25) is 0 Å². The van der Waals surface area contributed by atoms with Crippen molar-refractivity contribution in [3.05, 3.63) is 51.7 Å². The van der Waals surface area contributed by atoms with Crippen LogP contribution in [0.5, 0.6) is 0 Å². The second-order valence-electron chi connectivity index (χ2n) is 6.48. The molecular weight excluding hydrogens is 374 g/mol. The topological polar surface area (TPSA) is 54.5 Å². The molecule has 0 saturated carbocycles. The van der Waals surface area contributed by atoms with Crippen molar-refractivity contribution in [3.8, 4) is 0 Å². The second-order valence-corrected chi connectivity index (χ2v) is 11.1. The average Bonchev–Trinajstić information content (AvgIpc) is 3.20. The first-order valence-corrected chi connectivity index (χ1v) is 11.9. The van der Waals surface area contributed by atoms with E-state index in [0.717, 1.165) is 17.9 Å². The number of hydrogen-bond donors (Lipinski definition) is 0. The summed E-state index contributed by atoms with van der Waals surface area (Å²) >= 11 is 3.30. The molecular formula is C18H19NO3S3. The number of amides is 1. The van der Waals surface area contributed by atoms with Gasteiger partial charge in [0.25, 0.3) is 5.91 Å². The molecule has 1 aromatic carbocycles. The number of thiophene rings is 1. The van der Waals surface area contributed by atoms with E-state index < -0.39 is 9.84 Å². The Hall–Kier alpha value is -1.31. The minimum absolute atomic E-state index is 0.0424. The Morgan fingerprint density at radius 1 is 1.24 bits per heavy atom. The van der Waals surface area contributed by atoms with Crippen LogP contribution >= 0.6 is 23.1 Å². The maximum absolute atomic E-state index is 13.1. The monoisotopic (exact) mass is 393 g/mol. The molecule has 0 N–H and O–H groups in total. The number of hydrogen-bond acceptors (Lipinski definition) is 5. The lowest BCUT2D eigenvalue weighted by atomic mass is 10.1. The first-order chi connectivity index (χ1) is 12.0. The molecule has 2 aromatic rings. The Morgan fingerprint density at radius 3 is 2.88 bits per heavy atom. The highest BCUT2D eigenvalue weighted by Gasteiger charge is 2.30. The lowest BCUT2D eigenvalue weighted by molar-refractivity contribution is 0.0732. The normalized spacial score (nSPS) is 21.9. The standard InChI is InChI=1S/C18H19NO3S3/c20-18(19-8-5-16-13(11-19)6-9-23-16)15-3-1-2-4-17(15)24-14-7-10-25(21,22)12-14/h1-4,6,9,14H,5,7-8,10-12H2. The summed E-state index contributed by atoms with van der Waals surface area (Å²) in [4.78, 5) is 17.2. The zero-order valence-electron chi connectivity index (χ0n) is 13.7. The Bertz CT molecular complexity index is 904. The van der Waals surface area contributed by atoms with Crippen molar-refractivity contribution in [2.45, 2.75) is 29.5 Å². The van der Waals surface area contributed by atoms with Crippen LogP contribution in [0, 0.1) is 0 Å². The highest BCUT2D eigenvalue weighted by molar-refractivity contribution is 8.02. The minimum atomic E-state index is -2.91. The van der Waals surface area contributed by atoms with Crippen LogP contribution in [0.25, 0.3) is 0 Å². The number of thioether (sulfide) groups is 1. The van der Waals surface area contributed by atoms with Gasteiger partial charge < -0.3 is 4.90 Å². The van der Waals surface area contributed by atoms with E-state index >= 15 is 0 Å². The van der Waals surface area contributed by atoms with Crippen molar-refractivity contribution < 1.29 is 13.2 Å². The van der Waals surface area contributed by atoms with E-state index in [-0.39, 0.29) is 22.7 Å². The van der Waals surface area contributed by atoms with Crippen LogP contribution in [0.4, 0.5) is 0 Å². The fourth-order valence-electron chi connectivity index (χ4n) is 3.37. The molecule has 0 radical (unpaired) electrons. The van der Waals surface area contributed by atoms with Crippen molar-refractivity contribution in [3.63, 3.8) is 0 Å². The summed E-state index contributed by atoms with van der Waals surface area (Å²) in [5.74, 6) is 0.511. The number of rotatable bonds is 3. The summed E-state index contributed by atoms with van der Waals surface area (Å²) in [7, 11) is -2.91. The molecule has 25 heavy (non-hydrogen) atoms. The van der Waals surface area contributed by atoms with Gasteiger partial charge in [-0.1, -0.05) is 12.1 Å². The lowest BCUT2D eigenvalue weighted by Gasteiger charge is -2.28. The molecule has 1 atom stereocenters. The highest BCUT2D eigenvalue weighted by Crippen LogP contribution is 2.34. The summed E-state index contributed by atoms with van der Waals surface area (Å²) in [6.07, 6.45) is 1.58. The quantitative estimate of drug-likeness (QED) is 0.803. The van der Waals surface area contributed by atoms with Gasteiger partial charge in [0.1, 0.15) is 0 Å². The van der Waals surface area contributed by atoms with Gasteiger partial charge in [-0.15, -0.1) is 23.1 Å². The van der Waals surface area contributed by atoms with E-state index in [1.807, 2.05) is 29.2 Å². The van der Waals surface area contributed by atoms with E-state index in [2.05, 4.69) is 11.4 Å². The molecule has 3 heterocycles. The zero-order valence-corrected chi connectivity index (χ0v) is 16.1. The van der Waals surface area contributed by atoms with Crippen molar-refractivity contribution in [2.75, 3.05) is 18.1 Å². The molecule has 4 rings (SSSR count). The molecule has 132 valence electrons. The zero-order chi connectivity index (χ0) is 17.4. The van der Waals surface area contributed by atoms with E-state index in [1.54, 1.807) is 11.3 Å². The second kappa shape index (κ2) is 6.78. The van der Waals surface area contributed by atoms with Crippen LogP contribution in [0.1, 0.15) is 27.2 Å². The van der Waals surface area contributed by atoms with E-state index in [0.29, 0.717) is 18.5 Å². The Morgan fingerprint density at radius 2 is 2.08 bits per heavy atom. The largest absolute Gasteiger partial charge is 0.334 e. The van der Waals surface area contributed by atoms with Crippen molar-refractivity contribution in [2.24, 2.45) is 0 Å². The summed E-state index contributed by atoms with van der Waals surface area (Å²) in [5.41, 5.74) is 1.94. The summed E-state index contributed by atoms with van der Waals surface area (Å²) in [6.45, 7) is 1.40. The predicted molar refractivity (Wildman–Crippen MR) is 102 cm³/mol. The van der Waals surface area contributed by atoms with Gasteiger partial charge in [0, 0.05) is 28.1 Å². The van der Waals surface area contributed by atoms with E-state index in [9.17, 15) is 13.2 Å². The van der Waals surface area contributed by atoms with Gasteiger partial charge >= 0.3 is 0 Å². The van der Waals surface area contributed by atoms with Gasteiger partial charge in [0.15, 0.2) is 9.84 Å². The number of sulfone groups is 1. The maximum Gasteiger partial charge on any atom is 0.255 e. The summed E-state index contributed by atoms with van der Waals surface area (Å²) in [6, 6.07) is 9.68. The smallest absolute Gasteiger partial charge is 0.255 e. The highest BCUT2D eigenvalue weighted by atomic mass is 32.2. The number of fused-ring (bicyclic) bond motifs is 1. The molecule has 0 aliphatic carbocycles. The molecule has 2 aliphatic heterocycles. The third-order valence-corrected chi connectivity index (χ3v) is 9.04. The molecule has 7 heteroatoms. The molecule has 1 aromatic heterocycles. The van der Waals surface area contributed by atoms with Crippen LogP contribution in [0.2, 0.25) is 0 Å². The number of carbonyl (C=O) groups is 1. The molecule has 1 unspecified atom stereocenters. The van der Waals surface area contributed by atoms with Gasteiger partial charge in [-0.2, -0.15) is 0 Å². The van der Waals surface area contributed by atoms with Crippen molar-refractivity contribution >= 4 is 38.8 Å². The lowest BCUT2D eigenvalue weighted by Crippen LogP contribution is -2.35. The molecule has 1 amide bonds. The Balaban J connectivity index is 1.54. The fourth-order valence-corrected chi connectivity index (χ4v) is 7.88. The molecule has 0 spiro atoms. The Labute approximate surface area is 156 Å². The van der Waals surface area contributed by atoms with Crippen molar-refractivity contribution in [1.29, 1.82) is 0 Å². The van der Waals surface area contributed by atoms with Crippen LogP contribution in [-0.2, 0) is 22.8 Å². The SMILES string of the molecule is O=C(c1ccccc1SC1CCS(=O)(=O)C1)N1CCc2sccc2C1. The van der Waals surface area contributed by atoms with Crippen LogP contribution in [0.3, 0.4) is 0 Å². The summed E-state index contributed by atoms with van der Waals surface area (Å²) in [5, 5.41) is 2.13. The molecule has 4 nitrogen and oxygen atoms in total. The molecule has 1 saturated heterocycles. The Kier molecular flexibility index (Phi) is 4.64. The first kappa shape index (κ1) is 17.1. The van der Waals surface area contributed by atoms with Gasteiger partial charge in [0.05, 0.1) is 17.1 Å². The van der Waals surface area contributed by atoms with Gasteiger partial charge in [-0.3, -0.25) is 4.79 Å². The predicted octanol–water partition coefficient (Wildman–Crippen LogP) is 3.23. The first-order valence-electron chi connectivity index (χ1n) is 8.32. The van der Waals surface area contributed by atoms with Crippen LogP contribution in [-0.4, -0.2) is 42.5 Å². The third-order valence-electron chi connectivity index (χ3n) is 4.70. The minimum Gasteiger partial charge on any atom is -0.334 e. The maximum atomic E-state index is 13.1. The number of benzene rings is 1. The average molecular weight is 394 g/mol. The van der Waals surface area contributed by atoms with Crippen molar-refractivity contribution in [1.82, 2.24) is 4.90 Å². The fraction of sp³-hybridized carbons (Fsp3) is 0.389. The molecule has 1 fully saturated rings. The number of carbonyl (C=O) groups excluding carboxylic acids is 1. The van der Waals surface area contributed by atoms with Crippen LogP contribution in [0.15, 0.2) is 40.6 Å². The van der Waals surface area contributed by atoms with Gasteiger partial charge in [-0.05, 0) is 42.0 Å². The third kappa shape index (κ3) is 3.64. The van der Waals surface area contributed by atoms with Crippen LogP contribution < -0.4 is 0 Å². The van der Waals surface area contributed by atoms with E-state index in [1.165, 1.54) is 22.2 Å². The molecule has 0 bridgehead atoms.